The summed E-state index contributed by atoms with van der Waals surface area (Å²) in [5.74, 6) is 0.991. The SMILES string of the molecule is Oc1ccc(-c2cn[nH]c2CC2CCNC2)cc1. The summed E-state index contributed by atoms with van der Waals surface area (Å²) in [5, 5.41) is 20.0. The lowest BCUT2D eigenvalue weighted by atomic mass is 9.97. The molecule has 0 radical (unpaired) electrons. The van der Waals surface area contributed by atoms with E-state index in [0.717, 1.165) is 30.6 Å². The van der Waals surface area contributed by atoms with Crippen molar-refractivity contribution in [2.75, 3.05) is 13.1 Å². The van der Waals surface area contributed by atoms with Gasteiger partial charge in [0.15, 0.2) is 0 Å². The lowest BCUT2D eigenvalue weighted by molar-refractivity contribution is 0.475. The normalized spacial score (nSPS) is 19.2. The van der Waals surface area contributed by atoms with Crippen LogP contribution in [0.4, 0.5) is 0 Å². The highest BCUT2D eigenvalue weighted by atomic mass is 16.3. The number of hydrogen-bond acceptors (Lipinski definition) is 3. The van der Waals surface area contributed by atoms with Crippen LogP contribution >= 0.6 is 0 Å². The molecule has 4 heteroatoms. The first kappa shape index (κ1) is 11.3. The maximum absolute atomic E-state index is 9.32. The van der Waals surface area contributed by atoms with Gasteiger partial charge in [-0.1, -0.05) is 12.1 Å². The highest BCUT2D eigenvalue weighted by molar-refractivity contribution is 5.65. The summed E-state index contributed by atoms with van der Waals surface area (Å²) in [6.07, 6.45) is 4.13. The number of H-pyrrole nitrogens is 1. The van der Waals surface area contributed by atoms with Crippen molar-refractivity contribution in [2.24, 2.45) is 5.92 Å². The van der Waals surface area contributed by atoms with Crippen molar-refractivity contribution in [1.82, 2.24) is 15.5 Å². The third-order valence-electron chi connectivity index (χ3n) is 3.55. The molecule has 0 aliphatic carbocycles. The Morgan fingerprint density at radius 2 is 2.11 bits per heavy atom. The summed E-state index contributed by atoms with van der Waals surface area (Å²) in [4.78, 5) is 0. The maximum atomic E-state index is 9.32. The van der Waals surface area contributed by atoms with Crippen LogP contribution in [0.5, 0.6) is 5.75 Å². The Morgan fingerprint density at radius 1 is 1.28 bits per heavy atom. The number of aromatic amines is 1. The van der Waals surface area contributed by atoms with Gasteiger partial charge in [-0.15, -0.1) is 0 Å². The number of nitrogens with zero attached hydrogens (tertiary/aromatic N) is 1. The molecule has 4 nitrogen and oxygen atoms in total. The van der Waals surface area contributed by atoms with Gasteiger partial charge in [-0.3, -0.25) is 5.10 Å². The zero-order chi connectivity index (χ0) is 12.4. The minimum Gasteiger partial charge on any atom is -0.508 e. The van der Waals surface area contributed by atoms with Crippen LogP contribution in [-0.2, 0) is 6.42 Å². The number of phenols is 1. The Balaban J connectivity index is 1.84. The lowest BCUT2D eigenvalue weighted by Gasteiger charge is -2.08. The smallest absolute Gasteiger partial charge is 0.115 e. The van der Waals surface area contributed by atoms with Crippen molar-refractivity contribution in [3.63, 3.8) is 0 Å². The molecule has 3 rings (SSSR count). The predicted molar refractivity (Wildman–Crippen MR) is 70.4 cm³/mol. The summed E-state index contributed by atoms with van der Waals surface area (Å²) in [6, 6.07) is 7.28. The van der Waals surface area contributed by atoms with Gasteiger partial charge in [0.2, 0.25) is 0 Å². The summed E-state index contributed by atoms with van der Waals surface area (Å²) in [5.41, 5.74) is 3.43. The van der Waals surface area contributed by atoms with Gasteiger partial charge in [0, 0.05) is 11.3 Å². The van der Waals surface area contributed by atoms with Gasteiger partial charge in [-0.25, -0.2) is 0 Å². The Morgan fingerprint density at radius 3 is 2.83 bits per heavy atom. The number of phenolic OH excluding ortho intramolecular Hbond substituents is 1. The molecule has 1 atom stereocenters. The number of aromatic nitrogens is 2. The Labute approximate surface area is 106 Å². The van der Waals surface area contributed by atoms with E-state index in [0.29, 0.717) is 11.7 Å². The van der Waals surface area contributed by atoms with Crippen molar-refractivity contribution in [3.05, 3.63) is 36.2 Å². The maximum Gasteiger partial charge on any atom is 0.115 e. The van der Waals surface area contributed by atoms with Crippen LogP contribution in [0.1, 0.15) is 12.1 Å². The Bertz CT molecular complexity index is 512. The molecule has 2 heterocycles. The molecule has 1 aliphatic heterocycles. The first-order valence-corrected chi connectivity index (χ1v) is 6.35. The molecular weight excluding hydrogens is 226 g/mol. The monoisotopic (exact) mass is 243 g/mol. The van der Waals surface area contributed by atoms with E-state index < -0.39 is 0 Å². The topological polar surface area (TPSA) is 60.9 Å². The average molecular weight is 243 g/mol. The van der Waals surface area contributed by atoms with Gasteiger partial charge in [-0.05, 0) is 49.5 Å². The number of rotatable bonds is 3. The molecule has 1 saturated heterocycles. The molecule has 0 spiro atoms. The van der Waals surface area contributed by atoms with E-state index >= 15 is 0 Å². The van der Waals surface area contributed by atoms with E-state index in [1.165, 1.54) is 12.1 Å². The quantitative estimate of drug-likeness (QED) is 0.772. The number of hydrogen-bond donors (Lipinski definition) is 3. The van der Waals surface area contributed by atoms with Gasteiger partial charge in [0.05, 0.1) is 6.20 Å². The molecule has 18 heavy (non-hydrogen) atoms. The second kappa shape index (κ2) is 4.82. The second-order valence-corrected chi connectivity index (χ2v) is 4.87. The van der Waals surface area contributed by atoms with Crippen LogP contribution in [0.2, 0.25) is 0 Å². The Hall–Kier alpha value is -1.81. The summed E-state index contributed by atoms with van der Waals surface area (Å²) >= 11 is 0. The molecule has 1 aliphatic rings. The predicted octanol–water partition coefficient (Wildman–Crippen LogP) is 1.93. The van der Waals surface area contributed by atoms with Crippen LogP contribution in [0.15, 0.2) is 30.5 Å². The molecule has 0 bridgehead atoms. The van der Waals surface area contributed by atoms with E-state index in [1.807, 2.05) is 18.3 Å². The number of benzene rings is 1. The Kier molecular flexibility index (Phi) is 3.02. The van der Waals surface area contributed by atoms with Crippen molar-refractivity contribution in [2.45, 2.75) is 12.8 Å². The minimum absolute atomic E-state index is 0.295. The molecule has 3 N–H and O–H groups in total. The fourth-order valence-corrected chi connectivity index (χ4v) is 2.54. The first-order chi connectivity index (χ1) is 8.83. The van der Waals surface area contributed by atoms with Crippen LogP contribution in [0.25, 0.3) is 11.1 Å². The van der Waals surface area contributed by atoms with Gasteiger partial charge < -0.3 is 10.4 Å². The molecular formula is C14H17N3O. The molecule has 1 fully saturated rings. The van der Waals surface area contributed by atoms with Crippen molar-refractivity contribution in [1.29, 1.82) is 0 Å². The van der Waals surface area contributed by atoms with Crippen molar-refractivity contribution in [3.8, 4) is 16.9 Å². The summed E-state index contributed by atoms with van der Waals surface area (Å²) in [7, 11) is 0. The molecule has 2 aromatic rings. The van der Waals surface area contributed by atoms with Crippen LogP contribution < -0.4 is 5.32 Å². The first-order valence-electron chi connectivity index (χ1n) is 6.35. The van der Waals surface area contributed by atoms with Crippen molar-refractivity contribution >= 4 is 0 Å². The van der Waals surface area contributed by atoms with Crippen LogP contribution in [-0.4, -0.2) is 28.4 Å². The summed E-state index contributed by atoms with van der Waals surface area (Å²) < 4.78 is 0. The highest BCUT2D eigenvalue weighted by Gasteiger charge is 2.18. The van der Waals surface area contributed by atoms with Crippen LogP contribution in [0.3, 0.4) is 0 Å². The summed E-state index contributed by atoms with van der Waals surface area (Å²) in [6.45, 7) is 2.21. The van der Waals surface area contributed by atoms with Crippen LogP contribution in [0, 0.1) is 5.92 Å². The van der Waals surface area contributed by atoms with Gasteiger partial charge in [0.1, 0.15) is 5.75 Å². The van der Waals surface area contributed by atoms with E-state index in [9.17, 15) is 5.11 Å². The number of nitrogens with one attached hydrogen (secondary N) is 2. The zero-order valence-electron chi connectivity index (χ0n) is 10.2. The van der Waals surface area contributed by atoms with E-state index in [4.69, 9.17) is 0 Å². The second-order valence-electron chi connectivity index (χ2n) is 4.87. The lowest BCUT2D eigenvalue weighted by Crippen LogP contribution is -2.11. The fraction of sp³-hybridized carbons (Fsp3) is 0.357. The molecule has 0 amide bonds. The van der Waals surface area contributed by atoms with E-state index in [2.05, 4.69) is 15.5 Å². The minimum atomic E-state index is 0.295. The van der Waals surface area contributed by atoms with Crippen molar-refractivity contribution < 1.29 is 5.11 Å². The average Bonchev–Trinajstić information content (AvgIpc) is 3.02. The zero-order valence-corrected chi connectivity index (χ0v) is 10.2. The molecule has 1 unspecified atom stereocenters. The van der Waals surface area contributed by atoms with Gasteiger partial charge >= 0.3 is 0 Å². The molecule has 1 aromatic heterocycles. The van der Waals surface area contributed by atoms with E-state index in [-0.39, 0.29) is 0 Å². The standard InChI is InChI=1S/C14H17N3O/c18-12-3-1-11(2-4-12)13-9-16-17-14(13)7-10-5-6-15-8-10/h1-4,9-10,15,18H,5-8H2,(H,16,17). The highest BCUT2D eigenvalue weighted by Crippen LogP contribution is 2.26. The van der Waals surface area contributed by atoms with Gasteiger partial charge in [-0.2, -0.15) is 5.10 Å². The fourth-order valence-electron chi connectivity index (χ4n) is 2.54. The molecule has 0 saturated carbocycles. The third kappa shape index (κ3) is 2.24. The molecule has 1 aromatic carbocycles. The largest absolute Gasteiger partial charge is 0.508 e. The molecule has 94 valence electrons. The van der Waals surface area contributed by atoms with E-state index in [1.54, 1.807) is 12.1 Å². The third-order valence-corrected chi connectivity index (χ3v) is 3.55. The number of aromatic hydroxyl groups is 1. The van der Waals surface area contributed by atoms with Gasteiger partial charge in [0.25, 0.3) is 0 Å².